The Morgan fingerprint density at radius 3 is 2.65 bits per heavy atom. The monoisotopic (exact) mass is 350 g/mol. The van der Waals surface area contributed by atoms with Crippen molar-refractivity contribution < 1.29 is 0 Å². The maximum Gasteiger partial charge on any atom is 0.191 e. The highest BCUT2D eigenvalue weighted by molar-refractivity contribution is 7.11. The molecule has 2 aromatic heterocycles. The zero-order valence-corrected chi connectivity index (χ0v) is 16.2. The fourth-order valence-corrected chi connectivity index (χ4v) is 4.16. The molecule has 23 heavy (non-hydrogen) atoms. The molecule has 2 aromatic rings. The van der Waals surface area contributed by atoms with Crippen LogP contribution >= 0.6 is 22.7 Å². The first-order valence-electron chi connectivity index (χ1n) is 7.84. The third-order valence-electron chi connectivity index (χ3n) is 3.75. The van der Waals surface area contributed by atoms with Crippen molar-refractivity contribution in [2.24, 2.45) is 4.99 Å². The van der Waals surface area contributed by atoms with Gasteiger partial charge in [0.05, 0.1) is 10.7 Å². The Morgan fingerprint density at radius 1 is 1.30 bits per heavy atom. The van der Waals surface area contributed by atoms with Crippen LogP contribution in [0.25, 0.3) is 0 Å². The molecule has 0 aromatic carbocycles. The smallest absolute Gasteiger partial charge is 0.191 e. The Morgan fingerprint density at radius 2 is 2.09 bits per heavy atom. The largest absolute Gasteiger partial charge is 0.356 e. The minimum atomic E-state index is 0.0944. The molecule has 0 bridgehead atoms. The third-order valence-corrected chi connectivity index (χ3v) is 6.12. The van der Waals surface area contributed by atoms with Crippen molar-refractivity contribution in [3.05, 3.63) is 38.0 Å². The molecule has 2 heterocycles. The quantitative estimate of drug-likeness (QED) is 0.619. The van der Waals surface area contributed by atoms with Gasteiger partial charge in [-0.2, -0.15) is 0 Å². The molecule has 0 unspecified atom stereocenters. The lowest BCUT2D eigenvalue weighted by atomic mass is 9.91. The van der Waals surface area contributed by atoms with E-state index in [4.69, 9.17) is 0 Å². The average Bonchev–Trinajstić information content (AvgIpc) is 3.13. The van der Waals surface area contributed by atoms with Crippen molar-refractivity contribution in [2.45, 2.75) is 39.5 Å². The van der Waals surface area contributed by atoms with E-state index < -0.39 is 0 Å². The van der Waals surface area contributed by atoms with E-state index >= 15 is 0 Å². The molecule has 126 valence electrons. The molecule has 0 saturated carbocycles. The molecule has 0 atom stereocenters. The van der Waals surface area contributed by atoms with Crippen LogP contribution in [0.2, 0.25) is 0 Å². The number of rotatable bonds is 6. The first-order valence-corrected chi connectivity index (χ1v) is 9.53. The first-order chi connectivity index (χ1) is 10.9. The van der Waals surface area contributed by atoms with Crippen LogP contribution in [0.15, 0.2) is 22.5 Å². The van der Waals surface area contributed by atoms with E-state index in [9.17, 15) is 0 Å². The molecule has 6 heteroatoms. The van der Waals surface area contributed by atoms with E-state index in [1.54, 1.807) is 22.7 Å². The summed E-state index contributed by atoms with van der Waals surface area (Å²) in [6.07, 6.45) is 0.979. The number of aryl methyl sites for hydroxylation is 2. The maximum atomic E-state index is 4.47. The van der Waals surface area contributed by atoms with Gasteiger partial charge in [0.25, 0.3) is 0 Å². The van der Waals surface area contributed by atoms with E-state index in [2.05, 4.69) is 65.8 Å². The van der Waals surface area contributed by atoms with E-state index in [1.165, 1.54) is 9.75 Å². The SMILES string of the molecule is CN=C(NCCc1sc(C)nc1C)NCC(C)(C)c1cccs1. The predicted molar refractivity (Wildman–Crippen MR) is 102 cm³/mol. The topological polar surface area (TPSA) is 49.3 Å². The lowest BCUT2D eigenvalue weighted by Crippen LogP contribution is -2.43. The van der Waals surface area contributed by atoms with Gasteiger partial charge < -0.3 is 10.6 Å². The van der Waals surface area contributed by atoms with Crippen LogP contribution in [0.3, 0.4) is 0 Å². The molecule has 0 aliphatic rings. The Hall–Kier alpha value is -1.40. The van der Waals surface area contributed by atoms with Gasteiger partial charge in [-0.05, 0) is 25.3 Å². The zero-order valence-electron chi connectivity index (χ0n) is 14.6. The number of guanidine groups is 1. The molecule has 0 spiro atoms. The number of hydrogen-bond acceptors (Lipinski definition) is 4. The third kappa shape index (κ3) is 5.04. The highest BCUT2D eigenvalue weighted by Crippen LogP contribution is 2.26. The summed E-state index contributed by atoms with van der Waals surface area (Å²) < 4.78 is 0. The number of nitrogens with one attached hydrogen (secondary N) is 2. The fourth-order valence-electron chi connectivity index (χ4n) is 2.38. The number of aliphatic imine (C=N–C) groups is 1. The highest BCUT2D eigenvalue weighted by Gasteiger charge is 2.21. The second-order valence-electron chi connectivity index (χ2n) is 6.21. The van der Waals surface area contributed by atoms with Crippen LogP contribution in [0.1, 0.15) is 34.3 Å². The van der Waals surface area contributed by atoms with Gasteiger partial charge in [-0.3, -0.25) is 4.99 Å². The maximum absolute atomic E-state index is 4.47. The Kier molecular flexibility index (Phi) is 6.18. The van der Waals surface area contributed by atoms with Crippen molar-refractivity contribution >= 4 is 28.6 Å². The van der Waals surface area contributed by atoms with Gasteiger partial charge in [-0.25, -0.2) is 4.98 Å². The normalized spacial score (nSPS) is 12.5. The fraction of sp³-hybridized carbons (Fsp3) is 0.529. The summed E-state index contributed by atoms with van der Waals surface area (Å²) in [5.41, 5.74) is 1.24. The van der Waals surface area contributed by atoms with Crippen molar-refractivity contribution in [1.82, 2.24) is 15.6 Å². The molecule has 0 amide bonds. The average molecular weight is 351 g/mol. The molecule has 0 fully saturated rings. The Labute approximate surface area is 147 Å². The minimum Gasteiger partial charge on any atom is -0.356 e. The summed E-state index contributed by atoms with van der Waals surface area (Å²) in [5, 5.41) is 10.1. The second-order valence-corrected chi connectivity index (χ2v) is 8.44. The van der Waals surface area contributed by atoms with Crippen LogP contribution in [-0.4, -0.2) is 31.1 Å². The standard InChI is InChI=1S/C17H26N4S2/c1-12-14(23-13(2)21-12)8-9-19-16(18-5)20-11-17(3,4)15-7-6-10-22-15/h6-7,10H,8-9,11H2,1-5H3,(H2,18,19,20). The van der Waals surface area contributed by atoms with Crippen LogP contribution in [0.4, 0.5) is 0 Å². The first kappa shape index (κ1) is 17.9. The van der Waals surface area contributed by atoms with Gasteiger partial charge in [0, 0.05) is 41.7 Å². The van der Waals surface area contributed by atoms with E-state index in [1.807, 2.05) is 7.05 Å². The Bertz CT molecular complexity index is 642. The van der Waals surface area contributed by atoms with Gasteiger partial charge in [-0.15, -0.1) is 22.7 Å². The summed E-state index contributed by atoms with van der Waals surface area (Å²) in [6, 6.07) is 4.30. The van der Waals surface area contributed by atoms with Crippen LogP contribution < -0.4 is 10.6 Å². The molecule has 0 aliphatic carbocycles. The molecule has 2 rings (SSSR count). The molecular weight excluding hydrogens is 324 g/mol. The number of hydrogen-bond donors (Lipinski definition) is 2. The number of aromatic nitrogens is 1. The number of nitrogens with zero attached hydrogens (tertiary/aromatic N) is 2. The second kappa shape index (κ2) is 7.93. The van der Waals surface area contributed by atoms with E-state index in [0.717, 1.165) is 36.2 Å². The van der Waals surface area contributed by atoms with Crippen molar-refractivity contribution in [3.63, 3.8) is 0 Å². The van der Waals surface area contributed by atoms with Gasteiger partial charge in [0.2, 0.25) is 0 Å². The lowest BCUT2D eigenvalue weighted by Gasteiger charge is -2.25. The Balaban J connectivity index is 1.81. The van der Waals surface area contributed by atoms with Crippen LogP contribution in [0.5, 0.6) is 0 Å². The van der Waals surface area contributed by atoms with Crippen LogP contribution in [0, 0.1) is 13.8 Å². The van der Waals surface area contributed by atoms with Crippen LogP contribution in [-0.2, 0) is 11.8 Å². The molecule has 0 saturated heterocycles. The van der Waals surface area contributed by atoms with Gasteiger partial charge in [0.1, 0.15) is 0 Å². The summed E-state index contributed by atoms with van der Waals surface area (Å²) in [4.78, 5) is 11.5. The molecule has 4 nitrogen and oxygen atoms in total. The van der Waals surface area contributed by atoms with Gasteiger partial charge in [-0.1, -0.05) is 19.9 Å². The number of thiophene rings is 1. The lowest BCUT2D eigenvalue weighted by molar-refractivity contribution is 0.518. The van der Waals surface area contributed by atoms with Gasteiger partial charge >= 0.3 is 0 Å². The van der Waals surface area contributed by atoms with Crippen molar-refractivity contribution in [2.75, 3.05) is 20.1 Å². The van der Waals surface area contributed by atoms with Gasteiger partial charge in [0.15, 0.2) is 5.96 Å². The minimum absolute atomic E-state index is 0.0944. The van der Waals surface area contributed by atoms with E-state index in [-0.39, 0.29) is 5.41 Å². The van der Waals surface area contributed by atoms with E-state index in [0.29, 0.717) is 0 Å². The predicted octanol–water partition coefficient (Wildman–Crippen LogP) is 3.51. The zero-order chi connectivity index (χ0) is 16.9. The molecule has 0 aliphatic heterocycles. The summed E-state index contributed by atoms with van der Waals surface area (Å²) in [6.45, 7) is 10.4. The van der Waals surface area contributed by atoms with Crippen molar-refractivity contribution in [1.29, 1.82) is 0 Å². The number of thiazole rings is 1. The highest BCUT2D eigenvalue weighted by atomic mass is 32.1. The summed E-state index contributed by atoms with van der Waals surface area (Å²) >= 11 is 3.58. The molecular formula is C17H26N4S2. The summed E-state index contributed by atoms with van der Waals surface area (Å²) in [7, 11) is 1.82. The molecule has 0 radical (unpaired) electrons. The molecule has 2 N–H and O–H groups in total. The summed E-state index contributed by atoms with van der Waals surface area (Å²) in [5.74, 6) is 0.855. The van der Waals surface area contributed by atoms with Crippen molar-refractivity contribution in [3.8, 4) is 0 Å².